The molecule has 0 saturated carbocycles. The van der Waals surface area contributed by atoms with Gasteiger partial charge in [0.15, 0.2) is 0 Å². The number of H-pyrrole nitrogens is 1. The fourth-order valence-corrected chi connectivity index (χ4v) is 1.80. The van der Waals surface area contributed by atoms with Gasteiger partial charge >= 0.3 is 0 Å². The lowest BCUT2D eigenvalue weighted by Gasteiger charge is -2.12. The molecule has 0 amide bonds. The number of rotatable bonds is 0. The standard InChI is InChI=1S/C11H6N2O2/c14-10-7-4-2-1-3-6(7)8-9(11(10)15)13-5-12-8/h1-5H,(H,12,13). The van der Waals surface area contributed by atoms with E-state index in [2.05, 4.69) is 9.97 Å². The molecule has 1 aromatic heterocycles. The Morgan fingerprint density at radius 3 is 2.53 bits per heavy atom. The van der Waals surface area contributed by atoms with Crippen molar-refractivity contribution in [2.75, 3.05) is 0 Å². The van der Waals surface area contributed by atoms with Crippen LogP contribution in [0.3, 0.4) is 0 Å². The van der Waals surface area contributed by atoms with Crippen molar-refractivity contribution >= 4 is 11.6 Å². The molecule has 3 rings (SSSR count). The quantitative estimate of drug-likeness (QED) is 0.652. The molecule has 0 fully saturated rings. The van der Waals surface area contributed by atoms with E-state index in [1.807, 2.05) is 6.07 Å². The zero-order valence-corrected chi connectivity index (χ0v) is 7.65. The van der Waals surface area contributed by atoms with Crippen molar-refractivity contribution in [2.45, 2.75) is 0 Å². The molecule has 1 aliphatic carbocycles. The molecule has 72 valence electrons. The molecule has 4 nitrogen and oxygen atoms in total. The monoisotopic (exact) mass is 198 g/mol. The lowest BCUT2D eigenvalue weighted by atomic mass is 9.90. The summed E-state index contributed by atoms with van der Waals surface area (Å²) in [5, 5.41) is 0. The lowest BCUT2D eigenvalue weighted by molar-refractivity contribution is 0.0812. The second-order valence-electron chi connectivity index (χ2n) is 3.33. The molecule has 15 heavy (non-hydrogen) atoms. The van der Waals surface area contributed by atoms with Gasteiger partial charge in [-0.15, -0.1) is 0 Å². The summed E-state index contributed by atoms with van der Waals surface area (Å²) in [6.45, 7) is 0. The zero-order valence-electron chi connectivity index (χ0n) is 7.65. The van der Waals surface area contributed by atoms with Crippen molar-refractivity contribution in [3.05, 3.63) is 41.9 Å². The van der Waals surface area contributed by atoms with Crippen molar-refractivity contribution in [2.24, 2.45) is 0 Å². The molecular formula is C11H6N2O2. The fraction of sp³-hybridized carbons (Fsp3) is 0. The molecule has 0 aliphatic heterocycles. The molecule has 0 atom stereocenters. The highest BCUT2D eigenvalue weighted by Gasteiger charge is 2.31. The predicted octanol–water partition coefficient (Wildman–Crippen LogP) is 1.46. The van der Waals surface area contributed by atoms with Gasteiger partial charge in [0.1, 0.15) is 11.4 Å². The SMILES string of the molecule is O=C1C(=O)c2[nH]cnc2-c2ccccc21. The van der Waals surface area contributed by atoms with E-state index in [1.54, 1.807) is 18.2 Å². The van der Waals surface area contributed by atoms with Crippen molar-refractivity contribution in [3.63, 3.8) is 0 Å². The van der Waals surface area contributed by atoms with E-state index in [9.17, 15) is 9.59 Å². The number of fused-ring (bicyclic) bond motifs is 3. The van der Waals surface area contributed by atoms with Crippen LogP contribution < -0.4 is 0 Å². The molecule has 1 aromatic carbocycles. The van der Waals surface area contributed by atoms with E-state index in [-0.39, 0.29) is 0 Å². The fourth-order valence-electron chi connectivity index (χ4n) is 1.80. The Morgan fingerprint density at radius 2 is 1.73 bits per heavy atom. The molecule has 1 heterocycles. The third-order valence-corrected chi connectivity index (χ3v) is 2.50. The topological polar surface area (TPSA) is 62.8 Å². The molecular weight excluding hydrogens is 192 g/mol. The summed E-state index contributed by atoms with van der Waals surface area (Å²) in [5.41, 5.74) is 2.01. The zero-order chi connectivity index (χ0) is 10.4. The van der Waals surface area contributed by atoms with Gasteiger partial charge in [-0.3, -0.25) is 9.59 Å². The number of imidazole rings is 1. The largest absolute Gasteiger partial charge is 0.341 e. The first-order valence-corrected chi connectivity index (χ1v) is 4.51. The van der Waals surface area contributed by atoms with Crippen LogP contribution in [0.25, 0.3) is 11.3 Å². The normalized spacial score (nSPS) is 13.6. The molecule has 0 saturated heterocycles. The molecule has 0 spiro atoms. The first kappa shape index (κ1) is 8.11. The lowest BCUT2D eigenvalue weighted by Crippen LogP contribution is -2.21. The Morgan fingerprint density at radius 1 is 1.00 bits per heavy atom. The summed E-state index contributed by atoms with van der Waals surface area (Å²) in [4.78, 5) is 30.1. The first-order chi connectivity index (χ1) is 7.29. The number of aromatic amines is 1. The predicted molar refractivity (Wildman–Crippen MR) is 52.7 cm³/mol. The van der Waals surface area contributed by atoms with Gasteiger partial charge in [-0.1, -0.05) is 24.3 Å². The van der Waals surface area contributed by atoms with Gasteiger partial charge in [-0.25, -0.2) is 4.98 Å². The Bertz CT molecular complexity index is 584. The van der Waals surface area contributed by atoms with Gasteiger partial charge in [0.05, 0.1) is 6.33 Å². The van der Waals surface area contributed by atoms with Gasteiger partial charge < -0.3 is 4.98 Å². The number of Topliss-reactive ketones (excluding diaryl/α,β-unsaturated/α-hetero) is 2. The van der Waals surface area contributed by atoms with E-state index < -0.39 is 11.6 Å². The minimum absolute atomic E-state index is 0.290. The molecule has 0 radical (unpaired) electrons. The summed E-state index contributed by atoms with van der Waals surface area (Å²) >= 11 is 0. The van der Waals surface area contributed by atoms with Crippen LogP contribution in [0.1, 0.15) is 20.8 Å². The number of nitrogens with zero attached hydrogens (tertiary/aromatic N) is 1. The van der Waals surface area contributed by atoms with E-state index in [4.69, 9.17) is 0 Å². The van der Waals surface area contributed by atoms with E-state index in [0.717, 1.165) is 5.56 Å². The Kier molecular flexibility index (Phi) is 1.42. The van der Waals surface area contributed by atoms with Crippen LogP contribution >= 0.6 is 0 Å². The Hall–Kier alpha value is -2.23. The van der Waals surface area contributed by atoms with Gasteiger partial charge in [0, 0.05) is 11.1 Å². The van der Waals surface area contributed by atoms with Crippen LogP contribution in [0.4, 0.5) is 0 Å². The third-order valence-electron chi connectivity index (χ3n) is 2.50. The molecule has 0 unspecified atom stereocenters. The number of nitrogens with one attached hydrogen (secondary N) is 1. The summed E-state index contributed by atoms with van der Waals surface area (Å²) in [5.74, 6) is -0.983. The first-order valence-electron chi connectivity index (χ1n) is 4.51. The maximum Gasteiger partial charge on any atom is 0.251 e. The van der Waals surface area contributed by atoms with Crippen LogP contribution in [0.2, 0.25) is 0 Å². The van der Waals surface area contributed by atoms with Crippen molar-refractivity contribution in [1.82, 2.24) is 9.97 Å². The maximum atomic E-state index is 11.7. The smallest absolute Gasteiger partial charge is 0.251 e. The van der Waals surface area contributed by atoms with E-state index in [0.29, 0.717) is 17.0 Å². The van der Waals surface area contributed by atoms with Crippen LogP contribution in [-0.4, -0.2) is 21.5 Å². The number of aromatic nitrogens is 2. The van der Waals surface area contributed by atoms with Gasteiger partial charge in [0.25, 0.3) is 5.78 Å². The summed E-state index contributed by atoms with van der Waals surface area (Å²) < 4.78 is 0. The van der Waals surface area contributed by atoms with Crippen LogP contribution in [0.15, 0.2) is 30.6 Å². The number of hydrogen-bond acceptors (Lipinski definition) is 3. The Labute approximate surface area is 85.0 Å². The number of benzene rings is 1. The number of hydrogen-bond donors (Lipinski definition) is 1. The van der Waals surface area contributed by atoms with Crippen molar-refractivity contribution < 1.29 is 9.59 Å². The minimum atomic E-state index is -0.513. The average molecular weight is 198 g/mol. The maximum absolute atomic E-state index is 11.7. The second kappa shape index (κ2) is 2.63. The number of carbonyl (C=O) groups is 2. The molecule has 1 N–H and O–H groups in total. The highest BCUT2D eigenvalue weighted by Crippen LogP contribution is 2.30. The second-order valence-corrected chi connectivity index (χ2v) is 3.33. The van der Waals surface area contributed by atoms with Gasteiger partial charge in [-0.05, 0) is 0 Å². The summed E-state index contributed by atoms with van der Waals surface area (Å²) in [6, 6.07) is 6.99. The van der Waals surface area contributed by atoms with Crippen LogP contribution in [0, 0.1) is 0 Å². The van der Waals surface area contributed by atoms with Crippen LogP contribution in [0.5, 0.6) is 0 Å². The highest BCUT2D eigenvalue weighted by atomic mass is 16.2. The Balaban J connectivity index is 2.42. The summed E-state index contributed by atoms with van der Waals surface area (Å²) in [7, 11) is 0. The van der Waals surface area contributed by atoms with Crippen molar-refractivity contribution in [3.8, 4) is 11.3 Å². The van der Waals surface area contributed by atoms with Gasteiger partial charge in [0.2, 0.25) is 5.78 Å². The molecule has 4 heteroatoms. The molecule has 0 bridgehead atoms. The highest BCUT2D eigenvalue weighted by molar-refractivity contribution is 6.52. The summed E-state index contributed by atoms with van der Waals surface area (Å²) in [6.07, 6.45) is 1.43. The van der Waals surface area contributed by atoms with E-state index in [1.165, 1.54) is 6.33 Å². The molecule has 2 aromatic rings. The average Bonchev–Trinajstić information content (AvgIpc) is 2.75. The molecule has 1 aliphatic rings. The van der Waals surface area contributed by atoms with E-state index >= 15 is 0 Å². The van der Waals surface area contributed by atoms with Crippen LogP contribution in [-0.2, 0) is 0 Å². The van der Waals surface area contributed by atoms with Crippen molar-refractivity contribution in [1.29, 1.82) is 0 Å². The number of carbonyl (C=O) groups excluding carboxylic acids is 2. The third kappa shape index (κ3) is 0.929. The minimum Gasteiger partial charge on any atom is -0.341 e. The number of ketones is 2. The van der Waals surface area contributed by atoms with Gasteiger partial charge in [-0.2, -0.15) is 0 Å².